The van der Waals surface area contributed by atoms with Gasteiger partial charge in [0.25, 0.3) is 0 Å². The Morgan fingerprint density at radius 2 is 2.08 bits per heavy atom. The van der Waals surface area contributed by atoms with E-state index in [1.165, 1.54) is 25.7 Å². The summed E-state index contributed by atoms with van der Waals surface area (Å²) in [6.07, 6.45) is 6.04. The van der Waals surface area contributed by atoms with Crippen molar-refractivity contribution in [1.82, 2.24) is 0 Å². The van der Waals surface area contributed by atoms with Gasteiger partial charge in [-0.1, -0.05) is 20.3 Å². The van der Waals surface area contributed by atoms with Crippen molar-refractivity contribution in [2.24, 2.45) is 28.6 Å². The molecule has 0 radical (unpaired) electrons. The SMILES string of the molecule is CC1(C)C(CCl)C12CC1CCC2C1. The molecule has 0 aromatic rings. The number of halogens is 1. The third kappa shape index (κ3) is 0.763. The van der Waals surface area contributed by atoms with Crippen LogP contribution in [0.15, 0.2) is 0 Å². The van der Waals surface area contributed by atoms with Crippen LogP contribution in [0.5, 0.6) is 0 Å². The minimum Gasteiger partial charge on any atom is -0.126 e. The summed E-state index contributed by atoms with van der Waals surface area (Å²) < 4.78 is 0. The van der Waals surface area contributed by atoms with Gasteiger partial charge in [-0.25, -0.2) is 0 Å². The first kappa shape index (κ1) is 8.59. The highest BCUT2D eigenvalue weighted by atomic mass is 35.5. The highest BCUT2D eigenvalue weighted by Crippen LogP contribution is 2.81. The van der Waals surface area contributed by atoms with Crippen LogP contribution in [0.4, 0.5) is 0 Å². The summed E-state index contributed by atoms with van der Waals surface area (Å²) in [6, 6.07) is 0. The van der Waals surface area contributed by atoms with Crippen molar-refractivity contribution < 1.29 is 0 Å². The van der Waals surface area contributed by atoms with E-state index in [2.05, 4.69) is 13.8 Å². The molecule has 0 heterocycles. The molecule has 3 aliphatic rings. The maximum absolute atomic E-state index is 6.09. The molecule has 0 saturated heterocycles. The predicted octanol–water partition coefficient (Wildman–Crippen LogP) is 3.69. The number of hydrogen-bond acceptors (Lipinski definition) is 0. The fraction of sp³-hybridized carbons (Fsp3) is 1.00. The van der Waals surface area contributed by atoms with E-state index in [-0.39, 0.29) is 0 Å². The van der Waals surface area contributed by atoms with Gasteiger partial charge in [0, 0.05) is 5.88 Å². The van der Waals surface area contributed by atoms with Crippen molar-refractivity contribution in [3.8, 4) is 0 Å². The molecule has 1 spiro atoms. The van der Waals surface area contributed by atoms with E-state index < -0.39 is 0 Å². The first-order valence-corrected chi connectivity index (χ1v) is 6.22. The molecule has 0 N–H and O–H groups in total. The number of alkyl halides is 1. The summed E-state index contributed by atoms with van der Waals surface area (Å²) >= 11 is 6.09. The zero-order valence-electron chi connectivity index (χ0n) is 8.65. The lowest BCUT2D eigenvalue weighted by atomic mass is 9.79. The van der Waals surface area contributed by atoms with Crippen LogP contribution in [0, 0.1) is 28.6 Å². The maximum atomic E-state index is 6.09. The summed E-state index contributed by atoms with van der Waals surface area (Å²) in [5.41, 5.74) is 1.26. The number of fused-ring (bicyclic) bond motifs is 3. The van der Waals surface area contributed by atoms with E-state index in [0.717, 1.165) is 23.6 Å². The molecule has 0 aliphatic heterocycles. The molecule has 74 valence electrons. The second-order valence-electron chi connectivity index (χ2n) is 6.05. The molecule has 4 unspecified atom stereocenters. The van der Waals surface area contributed by atoms with Crippen LogP contribution in [0.2, 0.25) is 0 Å². The van der Waals surface area contributed by atoms with E-state index >= 15 is 0 Å². The zero-order valence-corrected chi connectivity index (χ0v) is 9.40. The van der Waals surface area contributed by atoms with Gasteiger partial charge in [0.2, 0.25) is 0 Å². The minimum absolute atomic E-state index is 0.564. The summed E-state index contributed by atoms with van der Waals surface area (Å²) in [5, 5.41) is 0. The van der Waals surface area contributed by atoms with Crippen LogP contribution in [0.25, 0.3) is 0 Å². The molecular formula is C12H19Cl. The molecule has 0 aromatic carbocycles. The summed E-state index contributed by atoms with van der Waals surface area (Å²) in [5.74, 6) is 3.83. The molecule has 3 aliphatic carbocycles. The smallest absolute Gasteiger partial charge is 0.0262 e. The predicted molar refractivity (Wildman–Crippen MR) is 55.9 cm³/mol. The first-order chi connectivity index (χ1) is 6.13. The Labute approximate surface area is 86.0 Å². The van der Waals surface area contributed by atoms with E-state index in [9.17, 15) is 0 Å². The Balaban J connectivity index is 1.93. The van der Waals surface area contributed by atoms with Crippen LogP contribution in [0.3, 0.4) is 0 Å². The Morgan fingerprint density at radius 1 is 1.31 bits per heavy atom. The maximum Gasteiger partial charge on any atom is 0.0262 e. The molecule has 4 atom stereocenters. The van der Waals surface area contributed by atoms with Crippen molar-refractivity contribution in [2.75, 3.05) is 5.88 Å². The van der Waals surface area contributed by atoms with Crippen molar-refractivity contribution in [2.45, 2.75) is 39.5 Å². The van der Waals surface area contributed by atoms with Crippen LogP contribution in [-0.2, 0) is 0 Å². The molecule has 1 heteroatoms. The van der Waals surface area contributed by atoms with Crippen LogP contribution in [-0.4, -0.2) is 5.88 Å². The topological polar surface area (TPSA) is 0 Å². The Bertz CT molecular complexity index is 242. The second-order valence-corrected chi connectivity index (χ2v) is 6.36. The lowest BCUT2D eigenvalue weighted by Crippen LogP contribution is -2.18. The Morgan fingerprint density at radius 3 is 2.46 bits per heavy atom. The Kier molecular flexibility index (Phi) is 1.50. The van der Waals surface area contributed by atoms with Crippen molar-refractivity contribution in [1.29, 1.82) is 0 Å². The normalized spacial score (nSPS) is 56.1. The van der Waals surface area contributed by atoms with Crippen LogP contribution >= 0.6 is 11.6 Å². The minimum atomic E-state index is 0.564. The Hall–Kier alpha value is 0.290. The molecule has 0 aromatic heterocycles. The monoisotopic (exact) mass is 198 g/mol. The van der Waals surface area contributed by atoms with Gasteiger partial charge in [0.15, 0.2) is 0 Å². The van der Waals surface area contributed by atoms with Gasteiger partial charge in [-0.2, -0.15) is 0 Å². The van der Waals surface area contributed by atoms with Crippen molar-refractivity contribution in [3.63, 3.8) is 0 Å². The van der Waals surface area contributed by atoms with Gasteiger partial charge < -0.3 is 0 Å². The highest BCUT2D eigenvalue weighted by molar-refractivity contribution is 6.18. The molecule has 3 rings (SSSR count). The summed E-state index contributed by atoms with van der Waals surface area (Å²) in [6.45, 7) is 4.89. The highest BCUT2D eigenvalue weighted by Gasteiger charge is 2.76. The second kappa shape index (κ2) is 2.27. The molecular weight excluding hydrogens is 180 g/mol. The van der Waals surface area contributed by atoms with E-state index in [4.69, 9.17) is 11.6 Å². The average molecular weight is 199 g/mol. The molecule has 2 bridgehead atoms. The van der Waals surface area contributed by atoms with Gasteiger partial charge in [-0.3, -0.25) is 0 Å². The molecule has 3 fully saturated rings. The van der Waals surface area contributed by atoms with Gasteiger partial charge in [-0.05, 0) is 47.8 Å². The quantitative estimate of drug-likeness (QED) is 0.564. The third-order valence-corrected chi connectivity index (χ3v) is 5.97. The van der Waals surface area contributed by atoms with Gasteiger partial charge in [-0.15, -0.1) is 11.6 Å². The number of hydrogen-bond donors (Lipinski definition) is 0. The summed E-state index contributed by atoms with van der Waals surface area (Å²) in [4.78, 5) is 0. The molecule has 0 nitrogen and oxygen atoms in total. The average Bonchev–Trinajstić information content (AvgIpc) is 2.49. The third-order valence-electron chi connectivity index (χ3n) is 5.66. The van der Waals surface area contributed by atoms with E-state index in [1.54, 1.807) is 0 Å². The fourth-order valence-electron chi connectivity index (χ4n) is 4.92. The van der Waals surface area contributed by atoms with Crippen molar-refractivity contribution >= 4 is 11.6 Å². The zero-order chi connectivity index (χ0) is 9.27. The van der Waals surface area contributed by atoms with Crippen molar-refractivity contribution in [3.05, 3.63) is 0 Å². The van der Waals surface area contributed by atoms with E-state index in [0.29, 0.717) is 10.8 Å². The van der Waals surface area contributed by atoms with E-state index in [1.807, 2.05) is 0 Å². The molecule has 13 heavy (non-hydrogen) atoms. The fourth-order valence-corrected chi connectivity index (χ4v) is 5.58. The summed E-state index contributed by atoms with van der Waals surface area (Å²) in [7, 11) is 0. The van der Waals surface area contributed by atoms with Gasteiger partial charge in [0.05, 0.1) is 0 Å². The molecule has 3 saturated carbocycles. The lowest BCUT2D eigenvalue weighted by Gasteiger charge is -2.25. The largest absolute Gasteiger partial charge is 0.126 e. The standard InChI is InChI=1S/C12H19Cl/c1-11(2)10(7-13)12(11)6-8-3-4-9(12)5-8/h8-10H,3-7H2,1-2H3. The molecule has 0 amide bonds. The first-order valence-electron chi connectivity index (χ1n) is 5.69. The van der Waals surface area contributed by atoms with Crippen LogP contribution in [0.1, 0.15) is 39.5 Å². The van der Waals surface area contributed by atoms with Gasteiger partial charge >= 0.3 is 0 Å². The number of rotatable bonds is 1. The van der Waals surface area contributed by atoms with Crippen LogP contribution < -0.4 is 0 Å². The lowest BCUT2D eigenvalue weighted by molar-refractivity contribution is 0.240. The van der Waals surface area contributed by atoms with Gasteiger partial charge in [0.1, 0.15) is 0 Å².